The molecule has 0 amide bonds. The summed E-state index contributed by atoms with van der Waals surface area (Å²) in [6.07, 6.45) is 21.8. The quantitative estimate of drug-likeness (QED) is 0.0272. The molecule has 1 aliphatic heterocycles. The molecule has 0 bridgehead atoms. The maximum absolute atomic E-state index is 13.0. The molecule has 0 aromatic heterocycles. The first-order chi connectivity index (χ1) is 24.4. The molecule has 0 spiro atoms. The van der Waals surface area contributed by atoms with Crippen molar-refractivity contribution in [3.63, 3.8) is 0 Å². The second-order valence-corrected chi connectivity index (χ2v) is 16.8. The molecule has 302 valence electrons. The van der Waals surface area contributed by atoms with Crippen LogP contribution in [0.2, 0.25) is 0 Å². The van der Waals surface area contributed by atoms with Crippen LogP contribution in [0.5, 0.6) is 0 Å². The van der Waals surface area contributed by atoms with E-state index in [0.29, 0.717) is 23.9 Å². The van der Waals surface area contributed by atoms with Gasteiger partial charge in [-0.15, -0.1) is 0 Å². The maximum Gasteiger partial charge on any atom is 0.306 e. The zero-order chi connectivity index (χ0) is 37.8. The molecular weight excluding hydrogens is 673 g/mol. The molecule has 0 saturated carbocycles. The summed E-state index contributed by atoms with van der Waals surface area (Å²) in [5.74, 6) is -0.898. The van der Waals surface area contributed by atoms with Gasteiger partial charge in [-0.25, -0.2) is 0 Å². The topological polar surface area (TPSA) is 130 Å². The third kappa shape index (κ3) is 25.6. The van der Waals surface area contributed by atoms with Crippen LogP contribution in [-0.4, -0.2) is 89.0 Å². The van der Waals surface area contributed by atoms with Gasteiger partial charge in [0.15, 0.2) is 18.5 Å². The molecule has 1 unspecified atom stereocenters. The minimum atomic E-state index is -4.67. The van der Waals surface area contributed by atoms with E-state index in [1.54, 1.807) is 0 Å². The van der Waals surface area contributed by atoms with Crippen LogP contribution in [0, 0.1) is 0 Å². The summed E-state index contributed by atoms with van der Waals surface area (Å²) in [5, 5.41) is 0. The Kier molecular flexibility index (Phi) is 27.6. The molecule has 1 heterocycles. The van der Waals surface area contributed by atoms with E-state index in [-0.39, 0.29) is 19.4 Å². The van der Waals surface area contributed by atoms with Crippen molar-refractivity contribution in [2.45, 2.75) is 193 Å². The number of carbonyl (C=O) groups excluding carboxylic acids is 2. The number of phosphoric ester groups is 1. The first-order valence-electron chi connectivity index (χ1n) is 20.4. The minimum absolute atomic E-state index is 0.0485. The number of likely N-dealkylation sites (N-methyl/N-ethyl adjacent to an activating group) is 1. The van der Waals surface area contributed by atoms with Gasteiger partial charge < -0.3 is 37.4 Å². The minimum Gasteiger partial charge on any atom is -0.756 e. The molecule has 1 fully saturated rings. The molecule has 0 aromatic rings. The van der Waals surface area contributed by atoms with Gasteiger partial charge in [0.1, 0.15) is 19.3 Å². The van der Waals surface area contributed by atoms with Crippen LogP contribution >= 0.6 is 7.82 Å². The number of carbonyl (C=O) groups is 2. The van der Waals surface area contributed by atoms with Gasteiger partial charge in [0.05, 0.1) is 27.7 Å². The van der Waals surface area contributed by atoms with Crippen LogP contribution in [0.25, 0.3) is 0 Å². The Labute approximate surface area is 311 Å². The van der Waals surface area contributed by atoms with Gasteiger partial charge >= 0.3 is 11.9 Å². The maximum atomic E-state index is 13.0. The molecule has 0 aromatic carbocycles. The van der Waals surface area contributed by atoms with E-state index in [2.05, 4.69) is 13.8 Å². The summed E-state index contributed by atoms with van der Waals surface area (Å²) in [6, 6.07) is 0. The Hall–Kier alpha value is -1.07. The lowest BCUT2D eigenvalue weighted by Crippen LogP contribution is -2.42. The van der Waals surface area contributed by atoms with Crippen molar-refractivity contribution in [2.75, 3.05) is 48.0 Å². The van der Waals surface area contributed by atoms with E-state index >= 15 is 0 Å². The van der Waals surface area contributed by atoms with Crippen molar-refractivity contribution in [2.24, 2.45) is 0 Å². The van der Waals surface area contributed by atoms with E-state index in [1.807, 2.05) is 21.1 Å². The second-order valence-electron chi connectivity index (χ2n) is 15.3. The van der Waals surface area contributed by atoms with Gasteiger partial charge in [-0.3, -0.25) is 14.2 Å². The van der Waals surface area contributed by atoms with Crippen LogP contribution in [-0.2, 0) is 42.1 Å². The highest BCUT2D eigenvalue weighted by atomic mass is 31.2. The Morgan fingerprint density at radius 1 is 0.627 bits per heavy atom. The highest BCUT2D eigenvalue weighted by Crippen LogP contribution is 2.40. The molecule has 0 aliphatic carbocycles. The van der Waals surface area contributed by atoms with Crippen molar-refractivity contribution in [3.8, 4) is 0 Å². The standard InChI is InChI=1S/C39H76NO10P/c1-7-9-11-13-15-17-19-21-23-25-27-29-35(41)49-37-34(33-47-51(43,44)46-32-31-40(3,4)5)48-39(45-6)38(37)50-36(42)30-28-26-24-22-20-18-16-14-12-10-8-2/h34,37-39H,7-33H2,1-6H3/t34-,37-,38-,39-/m1/s1. The van der Waals surface area contributed by atoms with Crippen LogP contribution in [0.4, 0.5) is 0 Å². The smallest absolute Gasteiger partial charge is 0.306 e. The summed E-state index contributed by atoms with van der Waals surface area (Å²) in [7, 11) is 2.49. The molecule has 0 N–H and O–H groups in total. The summed E-state index contributed by atoms with van der Waals surface area (Å²) in [4.78, 5) is 38.5. The number of quaternary nitrogens is 1. The van der Waals surface area contributed by atoms with E-state index in [4.69, 9.17) is 28.0 Å². The zero-order valence-electron chi connectivity index (χ0n) is 33.4. The Morgan fingerprint density at radius 2 is 1.02 bits per heavy atom. The molecule has 1 saturated heterocycles. The van der Waals surface area contributed by atoms with Crippen molar-refractivity contribution >= 4 is 19.8 Å². The largest absolute Gasteiger partial charge is 0.756 e. The molecule has 1 rings (SSSR count). The number of rotatable bonds is 34. The van der Waals surface area contributed by atoms with Crippen molar-refractivity contribution < 1.29 is 51.5 Å². The van der Waals surface area contributed by atoms with E-state index in [0.717, 1.165) is 38.5 Å². The Morgan fingerprint density at radius 3 is 1.41 bits per heavy atom. The normalized spacial score (nSPS) is 20.4. The van der Waals surface area contributed by atoms with Crippen molar-refractivity contribution in [1.29, 1.82) is 0 Å². The molecule has 1 aliphatic rings. The fraction of sp³-hybridized carbons (Fsp3) is 0.949. The Bertz CT molecular complexity index is 930. The van der Waals surface area contributed by atoms with Gasteiger partial charge in [0.2, 0.25) is 0 Å². The van der Waals surface area contributed by atoms with Gasteiger partial charge in [0.25, 0.3) is 7.82 Å². The number of esters is 2. The van der Waals surface area contributed by atoms with Gasteiger partial charge in [0, 0.05) is 20.0 Å². The summed E-state index contributed by atoms with van der Waals surface area (Å²) in [6.45, 7) is 4.39. The predicted octanol–water partition coefficient (Wildman–Crippen LogP) is 8.79. The number of hydrogen-bond donors (Lipinski definition) is 0. The number of hydrogen-bond acceptors (Lipinski definition) is 10. The first kappa shape index (κ1) is 48.0. The van der Waals surface area contributed by atoms with Crippen LogP contribution in [0.1, 0.15) is 168 Å². The lowest BCUT2D eigenvalue weighted by molar-refractivity contribution is -0.870. The third-order valence-electron chi connectivity index (χ3n) is 9.41. The Balaban J connectivity index is 2.64. The summed E-state index contributed by atoms with van der Waals surface area (Å²) < 4.78 is 46.2. The number of methoxy groups -OCH3 is 1. The van der Waals surface area contributed by atoms with E-state index < -0.39 is 51.0 Å². The molecule has 0 radical (unpaired) electrons. The van der Waals surface area contributed by atoms with Gasteiger partial charge in [-0.2, -0.15) is 0 Å². The average Bonchev–Trinajstić information content (AvgIpc) is 3.39. The average molecular weight is 750 g/mol. The molecule has 51 heavy (non-hydrogen) atoms. The van der Waals surface area contributed by atoms with E-state index in [9.17, 15) is 19.0 Å². The lowest BCUT2D eigenvalue weighted by atomic mass is 10.1. The second kappa shape index (κ2) is 29.3. The zero-order valence-corrected chi connectivity index (χ0v) is 34.3. The molecular formula is C39H76NO10P. The fourth-order valence-corrected chi connectivity index (χ4v) is 6.91. The SMILES string of the molecule is CCCCCCCCCCCCCC(=O)O[C@H]1[C@H](OC)O[C@H](COP(=O)([O-])OCC[N+](C)(C)C)[C@H]1OC(=O)CCCCCCCCCCCCC. The van der Waals surface area contributed by atoms with Crippen LogP contribution in [0.15, 0.2) is 0 Å². The van der Waals surface area contributed by atoms with Crippen LogP contribution < -0.4 is 4.89 Å². The third-order valence-corrected chi connectivity index (χ3v) is 10.4. The monoisotopic (exact) mass is 750 g/mol. The van der Waals surface area contributed by atoms with Crippen LogP contribution in [0.3, 0.4) is 0 Å². The van der Waals surface area contributed by atoms with Gasteiger partial charge in [-0.05, 0) is 12.8 Å². The summed E-state index contributed by atoms with van der Waals surface area (Å²) >= 11 is 0. The molecule has 5 atom stereocenters. The number of phosphoric acid groups is 1. The predicted molar refractivity (Wildman–Crippen MR) is 200 cm³/mol. The fourth-order valence-electron chi connectivity index (χ4n) is 6.20. The summed E-state index contributed by atoms with van der Waals surface area (Å²) in [5.41, 5.74) is 0. The lowest BCUT2D eigenvalue weighted by Gasteiger charge is -2.28. The highest BCUT2D eigenvalue weighted by Gasteiger charge is 2.50. The van der Waals surface area contributed by atoms with Crippen molar-refractivity contribution in [3.05, 3.63) is 0 Å². The van der Waals surface area contributed by atoms with Gasteiger partial charge in [-0.1, -0.05) is 142 Å². The molecule has 11 nitrogen and oxygen atoms in total. The molecule has 12 heteroatoms. The number of unbranched alkanes of at least 4 members (excludes halogenated alkanes) is 20. The highest BCUT2D eigenvalue weighted by molar-refractivity contribution is 7.45. The number of nitrogens with zero attached hydrogens (tertiary/aromatic N) is 1. The van der Waals surface area contributed by atoms with E-state index in [1.165, 1.54) is 97.0 Å². The van der Waals surface area contributed by atoms with Crippen molar-refractivity contribution in [1.82, 2.24) is 0 Å². The number of ether oxygens (including phenoxy) is 4. The first-order valence-corrected chi connectivity index (χ1v) is 21.9.